The zero-order valence-electron chi connectivity index (χ0n) is 6.28. The van der Waals surface area contributed by atoms with E-state index in [-0.39, 0.29) is 5.91 Å². The third-order valence-electron chi connectivity index (χ3n) is 1.53. The average molecular weight is 161 g/mol. The van der Waals surface area contributed by atoms with E-state index in [2.05, 4.69) is 5.32 Å². The van der Waals surface area contributed by atoms with Crippen LogP contribution >= 0.6 is 0 Å². The summed E-state index contributed by atoms with van der Waals surface area (Å²) >= 11 is 0. The molecule has 1 aromatic rings. The van der Waals surface area contributed by atoms with Gasteiger partial charge in [0.25, 0.3) is 5.91 Å². The minimum Gasteiger partial charge on any atom is -0.450 e. The average Bonchev–Trinajstić information content (AvgIpc) is 2.14. The largest absolute Gasteiger partial charge is 0.450 e. The van der Waals surface area contributed by atoms with Crippen LogP contribution in [0, 0.1) is 0 Å². The summed E-state index contributed by atoms with van der Waals surface area (Å²) in [4.78, 5) is 10.7. The van der Waals surface area contributed by atoms with Gasteiger partial charge in [0.1, 0.15) is 5.75 Å². The molecular weight excluding hydrogens is 154 g/mol. The second-order valence-electron chi connectivity index (χ2n) is 2.40. The fourth-order valence-corrected chi connectivity index (χ4v) is 0.881. The maximum atomic E-state index is 10.7. The van der Waals surface area contributed by atoms with E-state index in [4.69, 9.17) is 4.74 Å². The number of ether oxygens (including phenoxy) is 1. The number of para-hydroxylation sites is 1. The quantitative estimate of drug-likeness (QED) is 0.703. The Labute approximate surface area is 69.7 Å². The van der Waals surface area contributed by atoms with Crippen molar-refractivity contribution >= 4 is 5.91 Å². The van der Waals surface area contributed by atoms with Crippen LogP contribution in [0.5, 0.6) is 5.75 Å². The lowest BCUT2D eigenvalue weighted by atomic mass is 10.3. The molecule has 1 heterocycles. The van der Waals surface area contributed by atoms with E-state index in [9.17, 15) is 4.79 Å². The Balaban J connectivity index is 2.10. The Morgan fingerprint density at radius 1 is 1.17 bits per heavy atom. The van der Waals surface area contributed by atoms with Crippen LogP contribution < -0.4 is 10.1 Å². The molecule has 0 aliphatic carbocycles. The zero-order chi connectivity index (χ0) is 8.39. The van der Waals surface area contributed by atoms with E-state index in [0.717, 1.165) is 0 Å². The summed E-state index contributed by atoms with van der Waals surface area (Å²) in [6.07, 6.45) is 1.54. The summed E-state index contributed by atoms with van der Waals surface area (Å²) in [7, 11) is 0. The fraction of sp³-hybridized carbons (Fsp3) is 0. The Bertz CT molecular complexity index is 330. The van der Waals surface area contributed by atoms with Gasteiger partial charge in [0.05, 0.1) is 6.20 Å². The molecule has 3 heteroatoms. The molecule has 0 saturated heterocycles. The van der Waals surface area contributed by atoms with E-state index in [0.29, 0.717) is 11.5 Å². The highest BCUT2D eigenvalue weighted by Gasteiger charge is 2.18. The van der Waals surface area contributed by atoms with Gasteiger partial charge in [-0.3, -0.25) is 4.79 Å². The zero-order valence-corrected chi connectivity index (χ0v) is 6.28. The first kappa shape index (κ1) is 6.91. The minimum atomic E-state index is -0.168. The molecule has 0 aromatic heterocycles. The number of amides is 1. The van der Waals surface area contributed by atoms with Crippen molar-refractivity contribution in [3.05, 3.63) is 42.3 Å². The van der Waals surface area contributed by atoms with Crippen molar-refractivity contribution in [2.75, 3.05) is 0 Å². The van der Waals surface area contributed by atoms with Crippen molar-refractivity contribution in [3.8, 4) is 5.75 Å². The SMILES string of the molecule is O=C1NC=C1Oc1ccccc1. The van der Waals surface area contributed by atoms with E-state index < -0.39 is 0 Å². The normalized spacial score (nSPS) is 14.3. The molecular formula is C9H7NO2. The number of carbonyl (C=O) groups is 1. The van der Waals surface area contributed by atoms with Gasteiger partial charge in [-0.2, -0.15) is 0 Å². The molecule has 0 unspecified atom stereocenters. The smallest absolute Gasteiger partial charge is 0.292 e. The third kappa shape index (κ3) is 1.16. The highest BCUT2D eigenvalue weighted by atomic mass is 16.5. The van der Waals surface area contributed by atoms with Crippen molar-refractivity contribution in [3.63, 3.8) is 0 Å². The minimum absolute atomic E-state index is 0.168. The monoisotopic (exact) mass is 161 g/mol. The molecule has 0 bridgehead atoms. The Kier molecular flexibility index (Phi) is 1.55. The molecule has 1 aliphatic heterocycles. The molecule has 12 heavy (non-hydrogen) atoms. The van der Waals surface area contributed by atoms with Crippen LogP contribution in [-0.2, 0) is 4.79 Å². The molecule has 0 radical (unpaired) electrons. The van der Waals surface area contributed by atoms with Gasteiger partial charge in [0, 0.05) is 0 Å². The first-order valence-corrected chi connectivity index (χ1v) is 3.60. The number of rotatable bonds is 2. The van der Waals surface area contributed by atoms with E-state index >= 15 is 0 Å². The van der Waals surface area contributed by atoms with Crippen LogP contribution in [0.25, 0.3) is 0 Å². The fourth-order valence-electron chi connectivity index (χ4n) is 0.881. The highest BCUT2D eigenvalue weighted by molar-refractivity contribution is 5.98. The van der Waals surface area contributed by atoms with Crippen molar-refractivity contribution in [1.82, 2.24) is 5.32 Å². The number of benzene rings is 1. The molecule has 1 amide bonds. The maximum absolute atomic E-state index is 10.7. The van der Waals surface area contributed by atoms with Gasteiger partial charge in [0.15, 0.2) is 0 Å². The molecule has 1 aliphatic rings. The van der Waals surface area contributed by atoms with E-state index in [1.165, 1.54) is 6.20 Å². The molecule has 0 fully saturated rings. The van der Waals surface area contributed by atoms with E-state index in [1.807, 2.05) is 18.2 Å². The van der Waals surface area contributed by atoms with Crippen LogP contribution in [0.1, 0.15) is 0 Å². The van der Waals surface area contributed by atoms with Gasteiger partial charge < -0.3 is 10.1 Å². The van der Waals surface area contributed by atoms with Crippen molar-refractivity contribution in [2.24, 2.45) is 0 Å². The van der Waals surface area contributed by atoms with Crippen molar-refractivity contribution in [1.29, 1.82) is 0 Å². The molecule has 1 aromatic carbocycles. The first-order chi connectivity index (χ1) is 5.86. The number of nitrogens with one attached hydrogen (secondary N) is 1. The predicted molar refractivity (Wildman–Crippen MR) is 43.3 cm³/mol. The maximum Gasteiger partial charge on any atom is 0.292 e. The second-order valence-corrected chi connectivity index (χ2v) is 2.40. The lowest BCUT2D eigenvalue weighted by molar-refractivity contribution is -0.120. The highest BCUT2D eigenvalue weighted by Crippen LogP contribution is 2.14. The van der Waals surface area contributed by atoms with Gasteiger partial charge in [-0.1, -0.05) is 18.2 Å². The molecule has 0 spiro atoms. The Hall–Kier alpha value is -1.77. The van der Waals surface area contributed by atoms with Gasteiger partial charge in [-0.05, 0) is 12.1 Å². The summed E-state index contributed by atoms with van der Waals surface area (Å²) in [6, 6.07) is 9.19. The summed E-state index contributed by atoms with van der Waals surface area (Å²) in [5.41, 5.74) is 0. The van der Waals surface area contributed by atoms with Crippen LogP contribution in [0.15, 0.2) is 42.3 Å². The van der Waals surface area contributed by atoms with Gasteiger partial charge in [-0.15, -0.1) is 0 Å². The molecule has 0 atom stereocenters. The second kappa shape index (κ2) is 2.70. The number of hydrogen-bond donors (Lipinski definition) is 1. The standard InChI is InChI=1S/C9H7NO2/c11-9-8(6-10-9)12-7-4-2-1-3-5-7/h1-6H,(H,10,11). The van der Waals surface area contributed by atoms with Crippen molar-refractivity contribution in [2.45, 2.75) is 0 Å². The summed E-state index contributed by atoms with van der Waals surface area (Å²) < 4.78 is 5.21. The van der Waals surface area contributed by atoms with Gasteiger partial charge >= 0.3 is 0 Å². The Morgan fingerprint density at radius 2 is 1.92 bits per heavy atom. The van der Waals surface area contributed by atoms with E-state index in [1.54, 1.807) is 12.1 Å². The first-order valence-electron chi connectivity index (χ1n) is 3.60. The number of hydrogen-bond acceptors (Lipinski definition) is 2. The Morgan fingerprint density at radius 3 is 2.42 bits per heavy atom. The van der Waals surface area contributed by atoms with Crippen LogP contribution in [0.3, 0.4) is 0 Å². The van der Waals surface area contributed by atoms with Crippen molar-refractivity contribution < 1.29 is 9.53 Å². The number of carbonyl (C=O) groups excluding carboxylic acids is 1. The molecule has 1 N–H and O–H groups in total. The summed E-state index contributed by atoms with van der Waals surface area (Å²) in [5, 5.41) is 2.45. The lowest BCUT2D eigenvalue weighted by Crippen LogP contribution is -2.33. The third-order valence-corrected chi connectivity index (χ3v) is 1.53. The van der Waals surface area contributed by atoms with Crippen LogP contribution in [-0.4, -0.2) is 5.91 Å². The molecule has 0 saturated carbocycles. The summed E-state index contributed by atoms with van der Waals surface area (Å²) in [5.74, 6) is 0.874. The van der Waals surface area contributed by atoms with Crippen LogP contribution in [0.2, 0.25) is 0 Å². The summed E-state index contributed by atoms with van der Waals surface area (Å²) in [6.45, 7) is 0. The van der Waals surface area contributed by atoms with Crippen LogP contribution in [0.4, 0.5) is 0 Å². The molecule has 2 rings (SSSR count). The van der Waals surface area contributed by atoms with Gasteiger partial charge in [0.2, 0.25) is 5.76 Å². The lowest BCUT2D eigenvalue weighted by Gasteiger charge is -2.14. The predicted octanol–water partition coefficient (Wildman–Crippen LogP) is 1.04. The molecule has 3 nitrogen and oxygen atoms in total. The topological polar surface area (TPSA) is 38.3 Å². The molecule has 60 valence electrons. The van der Waals surface area contributed by atoms with Gasteiger partial charge in [-0.25, -0.2) is 0 Å².